The summed E-state index contributed by atoms with van der Waals surface area (Å²) >= 11 is 3.30. The number of carbonyl (C=O) groups is 1. The van der Waals surface area contributed by atoms with Crippen LogP contribution in [0.5, 0.6) is 5.75 Å². The number of primary amides is 1. The summed E-state index contributed by atoms with van der Waals surface area (Å²) in [7, 11) is 0. The van der Waals surface area contributed by atoms with Gasteiger partial charge in [-0.2, -0.15) is 0 Å². The van der Waals surface area contributed by atoms with Crippen molar-refractivity contribution < 1.29 is 13.9 Å². The summed E-state index contributed by atoms with van der Waals surface area (Å²) in [5.74, 6) is -0.707. The minimum Gasteiger partial charge on any atom is -0.488 e. The Morgan fingerprint density at radius 1 is 1.25 bits per heavy atom. The quantitative estimate of drug-likeness (QED) is 0.841. The third-order valence-electron chi connectivity index (χ3n) is 2.66. The van der Waals surface area contributed by atoms with Gasteiger partial charge >= 0.3 is 0 Å². The molecular weight excluding hydrogens is 327 g/mol. The largest absolute Gasteiger partial charge is 0.488 e. The number of nitrogens with two attached hydrogens (primary N) is 2. The minimum atomic E-state index is -0.613. The molecule has 2 aromatic carbocycles. The highest BCUT2D eigenvalue weighted by molar-refractivity contribution is 9.10. The Labute approximate surface area is 123 Å². The third kappa shape index (κ3) is 3.27. The van der Waals surface area contributed by atoms with Crippen LogP contribution in [-0.4, -0.2) is 5.91 Å². The molecule has 6 heteroatoms. The molecule has 0 atom stereocenters. The van der Waals surface area contributed by atoms with Crippen molar-refractivity contribution >= 4 is 27.5 Å². The number of anilines is 1. The van der Waals surface area contributed by atoms with E-state index in [1.165, 1.54) is 24.3 Å². The Kier molecular flexibility index (Phi) is 4.24. The van der Waals surface area contributed by atoms with Gasteiger partial charge in [-0.05, 0) is 30.3 Å². The van der Waals surface area contributed by atoms with Crippen molar-refractivity contribution in [2.75, 3.05) is 5.73 Å². The summed E-state index contributed by atoms with van der Waals surface area (Å²) in [6.45, 7) is 0.0854. The lowest BCUT2D eigenvalue weighted by molar-refractivity contribution is 0.0996. The van der Waals surface area contributed by atoms with Crippen LogP contribution in [0.2, 0.25) is 0 Å². The highest BCUT2D eigenvalue weighted by Gasteiger charge is 2.11. The van der Waals surface area contributed by atoms with Crippen LogP contribution in [0.15, 0.2) is 40.9 Å². The van der Waals surface area contributed by atoms with Crippen molar-refractivity contribution in [3.8, 4) is 5.75 Å². The monoisotopic (exact) mass is 338 g/mol. The number of rotatable bonds is 4. The fraction of sp³-hybridized carbons (Fsp3) is 0.0714. The molecule has 0 spiro atoms. The van der Waals surface area contributed by atoms with Gasteiger partial charge in [-0.1, -0.05) is 15.9 Å². The van der Waals surface area contributed by atoms with E-state index in [1.807, 2.05) is 0 Å². The predicted molar refractivity (Wildman–Crippen MR) is 77.8 cm³/mol. The van der Waals surface area contributed by atoms with E-state index in [9.17, 15) is 9.18 Å². The van der Waals surface area contributed by atoms with Crippen molar-refractivity contribution in [1.29, 1.82) is 0 Å². The Bertz CT molecular complexity index is 662. The lowest BCUT2D eigenvalue weighted by Crippen LogP contribution is -2.13. The maximum absolute atomic E-state index is 13.2. The number of ether oxygens (including phenoxy) is 1. The second kappa shape index (κ2) is 5.92. The fourth-order valence-corrected chi connectivity index (χ4v) is 2.03. The Hall–Kier alpha value is -2.08. The molecule has 0 aliphatic heterocycles. The fourth-order valence-electron chi connectivity index (χ4n) is 1.67. The molecule has 0 aromatic heterocycles. The van der Waals surface area contributed by atoms with Gasteiger partial charge in [0.1, 0.15) is 18.2 Å². The molecule has 4 N–H and O–H groups in total. The van der Waals surface area contributed by atoms with E-state index in [4.69, 9.17) is 16.2 Å². The summed E-state index contributed by atoms with van der Waals surface area (Å²) in [5.41, 5.74) is 12.2. The highest BCUT2D eigenvalue weighted by Crippen LogP contribution is 2.24. The Morgan fingerprint density at radius 2 is 2.00 bits per heavy atom. The lowest BCUT2D eigenvalue weighted by atomic mass is 10.1. The van der Waals surface area contributed by atoms with Crippen molar-refractivity contribution in [1.82, 2.24) is 0 Å². The van der Waals surface area contributed by atoms with E-state index in [-0.39, 0.29) is 23.7 Å². The number of hydrogen-bond acceptors (Lipinski definition) is 3. The molecule has 104 valence electrons. The zero-order valence-electron chi connectivity index (χ0n) is 10.4. The van der Waals surface area contributed by atoms with Gasteiger partial charge < -0.3 is 16.2 Å². The van der Waals surface area contributed by atoms with E-state index in [1.54, 1.807) is 12.1 Å². The second-order valence-corrected chi connectivity index (χ2v) is 5.00. The topological polar surface area (TPSA) is 78.3 Å². The number of benzene rings is 2. The smallest absolute Gasteiger partial charge is 0.252 e. The third-order valence-corrected chi connectivity index (χ3v) is 3.44. The molecule has 0 fully saturated rings. The summed E-state index contributed by atoms with van der Waals surface area (Å²) in [6, 6.07) is 8.83. The number of carbonyl (C=O) groups excluding carboxylic acids is 1. The lowest BCUT2D eigenvalue weighted by Gasteiger charge is -2.11. The highest BCUT2D eigenvalue weighted by atomic mass is 79.9. The van der Waals surface area contributed by atoms with Crippen LogP contribution < -0.4 is 16.2 Å². The number of hydrogen-bond donors (Lipinski definition) is 2. The minimum absolute atomic E-state index is 0.0854. The van der Waals surface area contributed by atoms with Crippen molar-refractivity contribution in [3.05, 3.63) is 57.8 Å². The van der Waals surface area contributed by atoms with Crippen LogP contribution in [-0.2, 0) is 6.61 Å². The van der Waals surface area contributed by atoms with Crippen LogP contribution >= 0.6 is 15.9 Å². The molecule has 0 radical (unpaired) electrons. The molecule has 0 saturated heterocycles. The zero-order chi connectivity index (χ0) is 14.7. The molecule has 2 aromatic rings. The summed E-state index contributed by atoms with van der Waals surface area (Å²) < 4.78 is 19.4. The van der Waals surface area contributed by atoms with Gasteiger partial charge in [0, 0.05) is 21.8 Å². The van der Waals surface area contributed by atoms with Crippen molar-refractivity contribution in [2.24, 2.45) is 5.73 Å². The van der Waals surface area contributed by atoms with Crippen LogP contribution in [0.25, 0.3) is 0 Å². The van der Waals surface area contributed by atoms with Crippen LogP contribution in [0.3, 0.4) is 0 Å². The van der Waals surface area contributed by atoms with Crippen LogP contribution in [0.1, 0.15) is 15.9 Å². The van der Waals surface area contributed by atoms with Gasteiger partial charge in [0.25, 0.3) is 5.91 Å². The van der Waals surface area contributed by atoms with E-state index in [0.717, 1.165) is 0 Å². The maximum atomic E-state index is 13.2. The average Bonchev–Trinajstić information content (AvgIpc) is 2.39. The molecule has 4 nitrogen and oxygen atoms in total. The molecule has 1 amide bonds. The first-order chi connectivity index (χ1) is 9.47. The van der Waals surface area contributed by atoms with E-state index >= 15 is 0 Å². The molecule has 0 saturated carbocycles. The molecule has 2 rings (SSSR count). The molecule has 0 aliphatic rings. The molecule has 0 aliphatic carbocycles. The second-order valence-electron chi connectivity index (χ2n) is 4.14. The standard InChI is InChI=1S/C14H12BrFN2O2/c15-12-4-1-9(16)5-8(12)7-20-13-6-10(17)2-3-11(13)14(18)19/h1-6H,7,17H2,(H2,18,19). The van der Waals surface area contributed by atoms with Gasteiger partial charge in [-0.25, -0.2) is 4.39 Å². The predicted octanol–water partition coefficient (Wildman–Crippen LogP) is 2.85. The first-order valence-electron chi connectivity index (χ1n) is 5.73. The van der Waals surface area contributed by atoms with Gasteiger partial charge in [-0.3, -0.25) is 4.79 Å². The van der Waals surface area contributed by atoms with Crippen molar-refractivity contribution in [2.45, 2.75) is 6.61 Å². The average molecular weight is 339 g/mol. The van der Waals surface area contributed by atoms with E-state index < -0.39 is 5.91 Å². The number of nitrogen functional groups attached to an aromatic ring is 1. The van der Waals surface area contributed by atoms with E-state index in [0.29, 0.717) is 15.7 Å². The van der Waals surface area contributed by atoms with Gasteiger partial charge in [-0.15, -0.1) is 0 Å². The first kappa shape index (κ1) is 14.3. The summed E-state index contributed by atoms with van der Waals surface area (Å²) in [6.07, 6.45) is 0. The van der Waals surface area contributed by atoms with Crippen LogP contribution in [0.4, 0.5) is 10.1 Å². The zero-order valence-corrected chi connectivity index (χ0v) is 12.0. The molecule has 20 heavy (non-hydrogen) atoms. The van der Waals surface area contributed by atoms with Gasteiger partial charge in [0.2, 0.25) is 0 Å². The van der Waals surface area contributed by atoms with Gasteiger partial charge in [0.15, 0.2) is 0 Å². The maximum Gasteiger partial charge on any atom is 0.252 e. The van der Waals surface area contributed by atoms with Crippen LogP contribution in [0, 0.1) is 5.82 Å². The molecular formula is C14H12BrFN2O2. The van der Waals surface area contributed by atoms with E-state index in [2.05, 4.69) is 15.9 Å². The number of amides is 1. The molecule has 0 heterocycles. The first-order valence-corrected chi connectivity index (χ1v) is 6.52. The van der Waals surface area contributed by atoms with Crippen molar-refractivity contribution in [3.63, 3.8) is 0 Å². The van der Waals surface area contributed by atoms with Gasteiger partial charge in [0.05, 0.1) is 5.56 Å². The SMILES string of the molecule is NC(=O)c1ccc(N)cc1OCc1cc(F)ccc1Br. The normalized spacial score (nSPS) is 10.3. The Morgan fingerprint density at radius 3 is 2.70 bits per heavy atom. The summed E-state index contributed by atoms with van der Waals surface area (Å²) in [4.78, 5) is 11.3. The summed E-state index contributed by atoms with van der Waals surface area (Å²) in [5, 5.41) is 0. The molecule has 0 unspecified atom stereocenters. The number of halogens is 2. The molecule has 0 bridgehead atoms. The Balaban J connectivity index is 2.24.